The summed E-state index contributed by atoms with van der Waals surface area (Å²) in [6.07, 6.45) is 1.12. The van der Waals surface area contributed by atoms with Crippen LogP contribution >= 0.6 is 11.6 Å². The first-order chi connectivity index (χ1) is 16.5. The van der Waals surface area contributed by atoms with Gasteiger partial charge in [0.1, 0.15) is 11.8 Å². The number of ether oxygens (including phenoxy) is 1. The summed E-state index contributed by atoms with van der Waals surface area (Å²) >= 11 is 5.88. The van der Waals surface area contributed by atoms with Gasteiger partial charge in [-0.15, -0.1) is 0 Å². The van der Waals surface area contributed by atoms with Gasteiger partial charge in [-0.1, -0.05) is 37.6 Å². The van der Waals surface area contributed by atoms with E-state index < -0.39 is 28.5 Å². The molecule has 0 saturated carbocycles. The summed E-state index contributed by atoms with van der Waals surface area (Å²) in [6.45, 7) is 5.40. The van der Waals surface area contributed by atoms with Gasteiger partial charge in [0.05, 0.1) is 18.6 Å². The summed E-state index contributed by atoms with van der Waals surface area (Å²) in [5.41, 5.74) is 0.789. The van der Waals surface area contributed by atoms with E-state index in [1.165, 1.54) is 36.2 Å². The largest absolute Gasteiger partial charge is 0.497 e. The minimum absolute atomic E-state index is 0.0282. The van der Waals surface area contributed by atoms with Crippen LogP contribution in [-0.4, -0.2) is 62.2 Å². The molecule has 0 radical (unpaired) electrons. The number of halogens is 1. The standard InChI is InChI=1S/C25H34ClN3O5S/c1-6-18(3)27-25(31)23(7-2)29(16-19-8-12-21(34-5)13-9-19)24(30)17-28(4)35(32,33)22-14-10-20(26)11-15-22/h8-15,18,23H,6-7,16-17H2,1-5H3,(H,27,31)/t18-,23-/m1/s1. The average Bonchev–Trinajstić information content (AvgIpc) is 2.84. The Kier molecular flexibility index (Phi) is 10.5. The fraction of sp³-hybridized carbons (Fsp3) is 0.440. The van der Waals surface area contributed by atoms with Crippen LogP contribution in [0.15, 0.2) is 53.4 Å². The molecule has 0 aliphatic heterocycles. The third-order valence-corrected chi connectivity index (χ3v) is 7.85. The van der Waals surface area contributed by atoms with Gasteiger partial charge in [0, 0.05) is 24.7 Å². The van der Waals surface area contributed by atoms with Crippen LogP contribution in [0.25, 0.3) is 0 Å². The zero-order valence-electron chi connectivity index (χ0n) is 20.8. The molecule has 8 nitrogen and oxygen atoms in total. The number of nitrogens with zero attached hydrogens (tertiary/aromatic N) is 2. The molecule has 0 spiro atoms. The van der Waals surface area contributed by atoms with Crippen LogP contribution in [0, 0.1) is 0 Å². The van der Waals surface area contributed by atoms with Crippen LogP contribution in [0.1, 0.15) is 39.2 Å². The Morgan fingerprint density at radius 1 is 1.03 bits per heavy atom. The molecule has 0 unspecified atom stereocenters. The van der Waals surface area contributed by atoms with E-state index in [-0.39, 0.29) is 23.4 Å². The summed E-state index contributed by atoms with van der Waals surface area (Å²) in [5, 5.41) is 3.35. The Morgan fingerprint density at radius 3 is 2.14 bits per heavy atom. The van der Waals surface area contributed by atoms with Crippen molar-refractivity contribution < 1.29 is 22.7 Å². The predicted octanol–water partition coefficient (Wildman–Crippen LogP) is 3.69. The molecule has 0 aromatic heterocycles. The fourth-order valence-electron chi connectivity index (χ4n) is 3.44. The van der Waals surface area contributed by atoms with Gasteiger partial charge in [0.15, 0.2) is 0 Å². The normalized spacial score (nSPS) is 13.2. The average molecular weight is 524 g/mol. The van der Waals surface area contributed by atoms with Gasteiger partial charge in [-0.25, -0.2) is 8.42 Å². The summed E-state index contributed by atoms with van der Waals surface area (Å²) < 4.78 is 32.2. The molecule has 2 atom stereocenters. The van der Waals surface area contributed by atoms with E-state index in [1.54, 1.807) is 19.2 Å². The third-order valence-electron chi connectivity index (χ3n) is 5.78. The Bertz CT molecular complexity index is 1090. The molecule has 0 fully saturated rings. The van der Waals surface area contributed by atoms with Crippen molar-refractivity contribution in [3.63, 3.8) is 0 Å². The molecular formula is C25H34ClN3O5S. The molecule has 2 rings (SSSR count). The highest BCUT2D eigenvalue weighted by molar-refractivity contribution is 7.89. The molecule has 0 aliphatic carbocycles. The van der Waals surface area contributed by atoms with E-state index >= 15 is 0 Å². The second-order valence-electron chi connectivity index (χ2n) is 8.33. The molecule has 0 heterocycles. The van der Waals surface area contributed by atoms with Gasteiger partial charge < -0.3 is 15.0 Å². The van der Waals surface area contributed by atoms with Crippen LogP contribution in [0.3, 0.4) is 0 Å². The molecule has 0 saturated heterocycles. The smallest absolute Gasteiger partial charge is 0.243 e. The third kappa shape index (κ3) is 7.68. The van der Waals surface area contributed by atoms with Crippen molar-refractivity contribution in [2.45, 2.75) is 57.1 Å². The molecule has 2 aromatic carbocycles. The van der Waals surface area contributed by atoms with Crippen molar-refractivity contribution in [2.24, 2.45) is 0 Å². The lowest BCUT2D eigenvalue weighted by atomic mass is 10.1. The molecule has 2 amide bonds. The molecule has 1 N–H and O–H groups in total. The Morgan fingerprint density at radius 2 is 1.63 bits per heavy atom. The number of carbonyl (C=O) groups is 2. The van der Waals surface area contributed by atoms with Crippen molar-refractivity contribution in [1.29, 1.82) is 0 Å². The lowest BCUT2D eigenvalue weighted by Gasteiger charge is -2.32. The number of hydrogen-bond donors (Lipinski definition) is 1. The van der Waals surface area contributed by atoms with E-state index in [0.717, 1.165) is 16.3 Å². The zero-order valence-corrected chi connectivity index (χ0v) is 22.4. The number of hydrogen-bond acceptors (Lipinski definition) is 5. The van der Waals surface area contributed by atoms with Crippen LogP contribution in [0.5, 0.6) is 5.75 Å². The number of methoxy groups -OCH3 is 1. The molecule has 35 heavy (non-hydrogen) atoms. The molecular weight excluding hydrogens is 490 g/mol. The Balaban J connectivity index is 2.32. The number of nitrogens with one attached hydrogen (secondary N) is 1. The lowest BCUT2D eigenvalue weighted by molar-refractivity contribution is -0.141. The van der Waals surface area contributed by atoms with Crippen LogP contribution in [0.2, 0.25) is 5.02 Å². The maximum Gasteiger partial charge on any atom is 0.243 e. The first kappa shape index (κ1) is 28.6. The van der Waals surface area contributed by atoms with Gasteiger partial charge in [-0.3, -0.25) is 9.59 Å². The highest BCUT2D eigenvalue weighted by Crippen LogP contribution is 2.20. The van der Waals surface area contributed by atoms with Crippen LogP contribution in [0.4, 0.5) is 0 Å². The summed E-state index contributed by atoms with van der Waals surface area (Å²) in [4.78, 5) is 28.0. The van der Waals surface area contributed by atoms with Crippen molar-refractivity contribution >= 4 is 33.4 Å². The van der Waals surface area contributed by atoms with E-state index in [9.17, 15) is 18.0 Å². The van der Waals surface area contributed by atoms with E-state index in [1.807, 2.05) is 32.9 Å². The monoisotopic (exact) mass is 523 g/mol. The molecule has 0 aliphatic rings. The number of rotatable bonds is 12. The van der Waals surface area contributed by atoms with Gasteiger partial charge in [0.2, 0.25) is 21.8 Å². The molecule has 0 bridgehead atoms. The molecule has 10 heteroatoms. The van der Waals surface area contributed by atoms with Crippen LogP contribution < -0.4 is 10.1 Å². The number of amides is 2. The molecule has 2 aromatic rings. The minimum Gasteiger partial charge on any atom is -0.497 e. The van der Waals surface area contributed by atoms with Gasteiger partial charge >= 0.3 is 0 Å². The van der Waals surface area contributed by atoms with Gasteiger partial charge in [0.25, 0.3) is 0 Å². The maximum atomic E-state index is 13.5. The Hall–Kier alpha value is -2.62. The van der Waals surface area contributed by atoms with Crippen molar-refractivity contribution in [1.82, 2.24) is 14.5 Å². The second-order valence-corrected chi connectivity index (χ2v) is 10.8. The van der Waals surface area contributed by atoms with E-state index in [2.05, 4.69) is 5.32 Å². The number of carbonyl (C=O) groups excluding carboxylic acids is 2. The van der Waals surface area contributed by atoms with E-state index in [0.29, 0.717) is 17.2 Å². The quantitative estimate of drug-likeness (QED) is 0.457. The van der Waals surface area contributed by atoms with Gasteiger partial charge in [-0.05, 0) is 61.7 Å². The number of likely N-dealkylation sites (N-methyl/N-ethyl adjacent to an activating group) is 1. The minimum atomic E-state index is -3.93. The first-order valence-electron chi connectivity index (χ1n) is 11.5. The zero-order chi connectivity index (χ0) is 26.2. The van der Waals surface area contributed by atoms with Crippen molar-refractivity contribution in [3.8, 4) is 5.75 Å². The summed E-state index contributed by atoms with van der Waals surface area (Å²) in [5.74, 6) is -0.0825. The van der Waals surface area contributed by atoms with Crippen molar-refractivity contribution in [2.75, 3.05) is 20.7 Å². The highest BCUT2D eigenvalue weighted by Gasteiger charge is 2.32. The van der Waals surface area contributed by atoms with Crippen LogP contribution in [-0.2, 0) is 26.2 Å². The van der Waals surface area contributed by atoms with Crippen molar-refractivity contribution in [3.05, 3.63) is 59.1 Å². The number of benzene rings is 2. The summed E-state index contributed by atoms with van der Waals surface area (Å²) in [7, 11) is -1.03. The Labute approximate surface area is 213 Å². The van der Waals surface area contributed by atoms with E-state index in [4.69, 9.17) is 16.3 Å². The van der Waals surface area contributed by atoms with Gasteiger partial charge in [-0.2, -0.15) is 4.31 Å². The SMILES string of the molecule is CC[C@@H](C)NC(=O)[C@@H](CC)N(Cc1ccc(OC)cc1)C(=O)CN(C)S(=O)(=O)c1ccc(Cl)cc1. The topological polar surface area (TPSA) is 96.0 Å². The number of sulfonamides is 1. The highest BCUT2D eigenvalue weighted by atomic mass is 35.5. The fourth-order valence-corrected chi connectivity index (χ4v) is 4.69. The predicted molar refractivity (Wildman–Crippen MR) is 137 cm³/mol. The first-order valence-corrected chi connectivity index (χ1v) is 13.3. The maximum absolute atomic E-state index is 13.5. The molecule has 192 valence electrons. The lowest BCUT2D eigenvalue weighted by Crippen LogP contribution is -2.53. The summed E-state index contributed by atoms with van der Waals surface area (Å²) in [6, 6.07) is 12.1. The second kappa shape index (κ2) is 12.9.